The number of benzene rings is 1. The van der Waals surface area contributed by atoms with Crippen molar-refractivity contribution in [3.8, 4) is 0 Å². The Morgan fingerprint density at radius 1 is 1.17 bits per heavy atom. The summed E-state index contributed by atoms with van der Waals surface area (Å²) in [6.07, 6.45) is 8.75. The number of carbonyl (C=O) groups excluding carboxylic acids is 1. The summed E-state index contributed by atoms with van der Waals surface area (Å²) >= 11 is 3.32. The van der Waals surface area contributed by atoms with Crippen LogP contribution in [0.3, 0.4) is 0 Å². The third-order valence-electron chi connectivity index (χ3n) is 7.49. The van der Waals surface area contributed by atoms with Crippen LogP contribution in [-0.4, -0.2) is 38.8 Å². The minimum atomic E-state index is -3.63. The molecule has 0 spiro atoms. The van der Waals surface area contributed by atoms with Crippen molar-refractivity contribution in [1.82, 2.24) is 9.62 Å². The molecule has 1 atom stereocenters. The van der Waals surface area contributed by atoms with Crippen LogP contribution in [0, 0.1) is 23.2 Å². The Morgan fingerprint density at radius 3 is 2.21 bits per heavy atom. The largest absolute Gasteiger partial charge is 0.349 e. The number of nitrogens with zero attached hydrogens (tertiary/aromatic N) is 1. The number of rotatable bonds is 6. The van der Waals surface area contributed by atoms with E-state index in [2.05, 4.69) is 28.2 Å². The fourth-order valence-electron chi connectivity index (χ4n) is 6.57. The number of halogens is 1. The quantitative estimate of drug-likeness (QED) is 0.652. The first-order valence-corrected chi connectivity index (χ1v) is 12.9. The molecule has 4 fully saturated rings. The van der Waals surface area contributed by atoms with E-state index in [1.54, 1.807) is 12.1 Å². The lowest BCUT2D eigenvalue weighted by Crippen LogP contribution is -2.56. The second-order valence-electron chi connectivity index (χ2n) is 9.65. The van der Waals surface area contributed by atoms with Crippen LogP contribution in [0.2, 0.25) is 0 Å². The van der Waals surface area contributed by atoms with E-state index < -0.39 is 10.0 Å². The van der Waals surface area contributed by atoms with Crippen molar-refractivity contribution in [3.63, 3.8) is 0 Å². The maximum atomic E-state index is 13.1. The van der Waals surface area contributed by atoms with E-state index in [1.165, 1.54) is 63.0 Å². The zero-order chi connectivity index (χ0) is 21.0. The Kier molecular flexibility index (Phi) is 5.62. The third kappa shape index (κ3) is 3.79. The summed E-state index contributed by atoms with van der Waals surface area (Å²) < 4.78 is 26.8. The lowest BCUT2D eigenvalue weighted by molar-refractivity contribution is -0.0727. The second-order valence-corrected chi connectivity index (χ2v) is 12.6. The van der Waals surface area contributed by atoms with Crippen LogP contribution < -0.4 is 5.32 Å². The number of nitrogens with one attached hydrogen (secondary N) is 1. The molecule has 160 valence electrons. The maximum absolute atomic E-state index is 13.1. The van der Waals surface area contributed by atoms with Crippen LogP contribution in [0.4, 0.5) is 0 Å². The van der Waals surface area contributed by atoms with Crippen LogP contribution in [0.5, 0.6) is 0 Å². The molecular weight excluding hydrogens is 452 g/mol. The van der Waals surface area contributed by atoms with E-state index in [9.17, 15) is 13.2 Å². The van der Waals surface area contributed by atoms with Crippen LogP contribution in [0.1, 0.15) is 62.2 Å². The Hall–Kier alpha value is -0.920. The molecule has 1 amide bonds. The SMILES string of the molecule is CC[C@H](NC(=O)c1ccc(Br)c(S(=O)(=O)N(C)C)c1)C12CC3CC(CC(C3)C1)C2. The molecule has 4 aliphatic rings. The molecule has 5 nitrogen and oxygen atoms in total. The first-order valence-electron chi connectivity index (χ1n) is 10.7. The first kappa shape index (κ1) is 21.3. The lowest BCUT2D eigenvalue weighted by Gasteiger charge is -2.59. The van der Waals surface area contributed by atoms with Gasteiger partial charge in [-0.3, -0.25) is 4.79 Å². The third-order valence-corrected chi connectivity index (χ3v) is 10.3. The van der Waals surface area contributed by atoms with Crippen LogP contribution in [0.15, 0.2) is 27.6 Å². The summed E-state index contributed by atoms with van der Waals surface area (Å²) in [5.74, 6) is 2.32. The molecule has 1 aromatic carbocycles. The van der Waals surface area contributed by atoms with Crippen molar-refractivity contribution in [3.05, 3.63) is 28.2 Å². The predicted octanol–water partition coefficient (Wildman–Crippen LogP) is 4.42. The Morgan fingerprint density at radius 2 is 1.72 bits per heavy atom. The van der Waals surface area contributed by atoms with Gasteiger partial charge in [-0.15, -0.1) is 0 Å². The highest BCUT2D eigenvalue weighted by Crippen LogP contribution is 2.61. The number of carbonyl (C=O) groups is 1. The van der Waals surface area contributed by atoms with Gasteiger partial charge in [-0.1, -0.05) is 6.92 Å². The zero-order valence-corrected chi connectivity index (χ0v) is 19.9. The molecule has 7 heteroatoms. The van der Waals surface area contributed by atoms with Crippen molar-refractivity contribution in [2.24, 2.45) is 23.2 Å². The lowest BCUT2D eigenvalue weighted by atomic mass is 9.47. The molecule has 0 saturated heterocycles. The molecular formula is C22H31BrN2O3S. The number of hydrogen-bond donors (Lipinski definition) is 1. The van der Waals surface area contributed by atoms with Gasteiger partial charge in [0.2, 0.25) is 10.0 Å². The summed E-state index contributed by atoms with van der Waals surface area (Å²) in [4.78, 5) is 13.3. The van der Waals surface area contributed by atoms with Crippen molar-refractivity contribution >= 4 is 31.9 Å². The molecule has 0 aliphatic heterocycles. The molecule has 0 radical (unpaired) electrons. The molecule has 4 bridgehead atoms. The van der Waals surface area contributed by atoms with Crippen molar-refractivity contribution < 1.29 is 13.2 Å². The van der Waals surface area contributed by atoms with Gasteiger partial charge in [0.05, 0.1) is 4.90 Å². The van der Waals surface area contributed by atoms with Crippen molar-refractivity contribution in [1.29, 1.82) is 0 Å². The normalized spacial score (nSPS) is 31.8. The zero-order valence-electron chi connectivity index (χ0n) is 17.4. The van der Waals surface area contributed by atoms with E-state index in [-0.39, 0.29) is 22.3 Å². The van der Waals surface area contributed by atoms with E-state index in [4.69, 9.17) is 0 Å². The molecule has 29 heavy (non-hydrogen) atoms. The average molecular weight is 483 g/mol. The average Bonchev–Trinajstić information content (AvgIpc) is 2.64. The number of hydrogen-bond acceptors (Lipinski definition) is 3. The highest BCUT2D eigenvalue weighted by atomic mass is 79.9. The fourth-order valence-corrected chi connectivity index (χ4v) is 8.42. The van der Waals surface area contributed by atoms with Gasteiger partial charge < -0.3 is 5.32 Å². The van der Waals surface area contributed by atoms with E-state index in [0.717, 1.165) is 24.2 Å². The monoisotopic (exact) mass is 482 g/mol. The van der Waals surface area contributed by atoms with E-state index >= 15 is 0 Å². The number of sulfonamides is 1. The summed E-state index contributed by atoms with van der Waals surface area (Å²) in [6, 6.07) is 4.99. The van der Waals surface area contributed by atoms with Crippen molar-refractivity contribution in [2.75, 3.05) is 14.1 Å². The van der Waals surface area contributed by atoms with Crippen LogP contribution in [0.25, 0.3) is 0 Å². The molecule has 4 aliphatic carbocycles. The van der Waals surface area contributed by atoms with Gasteiger partial charge in [0.15, 0.2) is 0 Å². The molecule has 1 aromatic rings. The highest BCUT2D eigenvalue weighted by molar-refractivity contribution is 9.10. The topological polar surface area (TPSA) is 66.5 Å². The Balaban J connectivity index is 1.57. The molecule has 5 rings (SSSR count). The maximum Gasteiger partial charge on any atom is 0.251 e. The Labute approximate surface area is 182 Å². The number of amides is 1. The summed E-state index contributed by atoms with van der Waals surface area (Å²) in [7, 11) is -0.639. The molecule has 4 saturated carbocycles. The summed E-state index contributed by atoms with van der Waals surface area (Å²) in [5, 5.41) is 3.30. The van der Waals surface area contributed by atoms with E-state index in [0.29, 0.717) is 10.0 Å². The molecule has 0 unspecified atom stereocenters. The second kappa shape index (κ2) is 7.65. The minimum Gasteiger partial charge on any atom is -0.349 e. The highest BCUT2D eigenvalue weighted by Gasteiger charge is 2.54. The van der Waals surface area contributed by atoms with E-state index in [1.807, 2.05) is 0 Å². The van der Waals surface area contributed by atoms with Crippen LogP contribution in [-0.2, 0) is 10.0 Å². The van der Waals surface area contributed by atoms with Gasteiger partial charge in [-0.05, 0) is 102 Å². The van der Waals surface area contributed by atoms with Gasteiger partial charge in [0.25, 0.3) is 5.91 Å². The van der Waals surface area contributed by atoms with Crippen molar-refractivity contribution in [2.45, 2.75) is 62.8 Å². The first-order chi connectivity index (χ1) is 13.6. The summed E-state index contributed by atoms with van der Waals surface area (Å²) in [5.41, 5.74) is 0.629. The minimum absolute atomic E-state index is 0.123. The Bertz CT molecular complexity index is 877. The predicted molar refractivity (Wildman–Crippen MR) is 117 cm³/mol. The van der Waals surface area contributed by atoms with Gasteiger partial charge in [-0.25, -0.2) is 12.7 Å². The molecule has 0 heterocycles. The van der Waals surface area contributed by atoms with Gasteiger partial charge >= 0.3 is 0 Å². The summed E-state index contributed by atoms with van der Waals surface area (Å²) in [6.45, 7) is 2.16. The standard InChI is InChI=1S/C22H31BrN2O3S/c1-4-20(22-11-14-7-15(12-22)9-16(8-14)13-22)24-21(26)17-5-6-18(23)19(10-17)29(27,28)25(2)3/h5-6,10,14-16,20H,4,7-9,11-13H2,1-3H3,(H,24,26)/t14?,15?,16?,20-,22?/m0/s1. The van der Waals surface area contributed by atoms with Gasteiger partial charge in [-0.2, -0.15) is 0 Å². The molecule has 0 aromatic heterocycles. The smallest absolute Gasteiger partial charge is 0.251 e. The molecule has 1 N–H and O–H groups in total. The van der Waals surface area contributed by atoms with Gasteiger partial charge in [0, 0.05) is 30.2 Å². The van der Waals surface area contributed by atoms with Gasteiger partial charge in [0.1, 0.15) is 0 Å². The fraction of sp³-hybridized carbons (Fsp3) is 0.682. The van der Waals surface area contributed by atoms with Crippen LogP contribution >= 0.6 is 15.9 Å².